The van der Waals surface area contributed by atoms with Gasteiger partial charge >= 0.3 is 0 Å². The molecule has 1 rings (SSSR count). The van der Waals surface area contributed by atoms with E-state index in [1.165, 1.54) is 5.40 Å². The van der Waals surface area contributed by atoms with Crippen molar-refractivity contribution in [3.05, 3.63) is 30.3 Å². The quantitative estimate of drug-likeness (QED) is 0.436. The summed E-state index contributed by atoms with van der Waals surface area (Å²) in [6, 6.07) is 9.87. The molecule has 3 N–H and O–H groups in total. The van der Waals surface area contributed by atoms with E-state index in [-0.39, 0.29) is 0 Å². The van der Waals surface area contributed by atoms with Crippen LogP contribution in [0.2, 0.25) is 0 Å². The lowest BCUT2D eigenvalue weighted by molar-refractivity contribution is -0.254. The average molecular weight is 152 g/mol. The molecule has 0 saturated carbocycles. The predicted molar refractivity (Wildman–Crippen MR) is 42.0 cm³/mol. The van der Waals surface area contributed by atoms with Crippen LogP contribution in [0, 0.1) is 10.7 Å². The summed E-state index contributed by atoms with van der Waals surface area (Å²) in [6.45, 7) is 0. The van der Waals surface area contributed by atoms with Crippen LogP contribution in [0.3, 0.4) is 0 Å². The largest absolute Gasteiger partial charge is 0.696 e. The van der Waals surface area contributed by atoms with Crippen LogP contribution in [0.4, 0.5) is 5.69 Å². The van der Waals surface area contributed by atoms with Crippen molar-refractivity contribution in [3.63, 3.8) is 0 Å². The van der Waals surface area contributed by atoms with E-state index in [0.29, 0.717) is 0 Å². The number of nitriles is 1. The number of benzene rings is 1. The number of hydrogen-bond donors (Lipinski definition) is 1. The number of nitrogens with zero attached hydrogens (tertiary/aromatic N) is 1. The first kappa shape index (κ1) is 8.89. The summed E-state index contributed by atoms with van der Waals surface area (Å²) in [5.41, 5.74) is 4.79. The molecule has 0 unspecified atom stereocenters. The van der Waals surface area contributed by atoms with Crippen molar-refractivity contribution in [3.8, 4) is 5.40 Å². The highest BCUT2D eigenvalue weighted by Gasteiger charge is 1.77. The maximum atomic E-state index is 7.13. The summed E-state index contributed by atoms with van der Waals surface area (Å²) >= 11 is 3.70. The van der Waals surface area contributed by atoms with Crippen molar-refractivity contribution in [2.45, 2.75) is 0 Å². The fourth-order valence-electron chi connectivity index (χ4n) is 0.478. The minimum absolute atomic E-state index is 1.07. The molecule has 0 atom stereocenters. The molecule has 0 heterocycles. The average Bonchev–Trinajstić information content (AvgIpc) is 1.91. The van der Waals surface area contributed by atoms with Crippen molar-refractivity contribution in [1.82, 2.24) is 0 Å². The van der Waals surface area contributed by atoms with Crippen LogP contribution in [0.15, 0.2) is 30.3 Å². The molecule has 0 aliphatic carbocycles. The molecule has 0 aliphatic heterocycles. The predicted octanol–water partition coefficient (Wildman–Crippen LogP) is 0.574. The van der Waals surface area contributed by atoms with E-state index in [1.54, 1.807) is 0 Å². The molecule has 1 aromatic carbocycles. The molecule has 52 valence electrons. The van der Waals surface area contributed by atoms with Crippen LogP contribution in [0.25, 0.3) is 0 Å². The standard InChI is InChI=1S/C6H7N.CHNS/c7-6-4-2-1-3-5-6;2-1-3/h1-5H,7H2;3H. The minimum atomic E-state index is 1.07. The number of quaternary nitrogens is 1. The van der Waals surface area contributed by atoms with Gasteiger partial charge in [-0.25, -0.2) is 5.26 Å². The molecule has 0 spiro atoms. The Hall–Kier alpha value is -1.11. The zero-order valence-electron chi connectivity index (χ0n) is 5.45. The lowest BCUT2D eigenvalue weighted by Crippen LogP contribution is -2.39. The summed E-state index contributed by atoms with van der Waals surface area (Å²) in [7, 11) is 0. The fraction of sp³-hybridized carbons (Fsp3) is 0. The molecule has 2 nitrogen and oxygen atoms in total. The monoisotopic (exact) mass is 152 g/mol. The van der Waals surface area contributed by atoms with Gasteiger partial charge in [-0.15, -0.1) is 0 Å². The molecule has 3 heteroatoms. The van der Waals surface area contributed by atoms with E-state index >= 15 is 0 Å². The second-order valence-electron chi connectivity index (χ2n) is 1.58. The summed E-state index contributed by atoms with van der Waals surface area (Å²) in [4.78, 5) is 0. The second-order valence-corrected chi connectivity index (χ2v) is 1.76. The third-order valence-electron chi connectivity index (χ3n) is 0.843. The van der Waals surface area contributed by atoms with Crippen molar-refractivity contribution in [2.75, 3.05) is 0 Å². The van der Waals surface area contributed by atoms with Crippen LogP contribution in [0.1, 0.15) is 0 Å². The minimum Gasteiger partial charge on any atom is -0.696 e. The van der Waals surface area contributed by atoms with E-state index in [2.05, 4.69) is 18.4 Å². The summed E-state index contributed by atoms with van der Waals surface area (Å²) in [5, 5.41) is 8.47. The van der Waals surface area contributed by atoms with Gasteiger partial charge in [-0.05, 0) is 12.1 Å². The fourth-order valence-corrected chi connectivity index (χ4v) is 0.478. The Bertz CT molecular complexity index is 203. The highest BCUT2D eigenvalue weighted by molar-refractivity contribution is 7.64. The Morgan fingerprint density at radius 3 is 1.90 bits per heavy atom. The zero-order chi connectivity index (χ0) is 7.82. The molecular weight excluding hydrogens is 144 g/mol. The van der Waals surface area contributed by atoms with Crippen LogP contribution in [-0.2, 0) is 12.6 Å². The van der Waals surface area contributed by atoms with Gasteiger partial charge in [-0.1, -0.05) is 23.6 Å². The highest BCUT2D eigenvalue weighted by Crippen LogP contribution is 1.93. The molecule has 0 bridgehead atoms. The van der Waals surface area contributed by atoms with E-state index in [4.69, 9.17) is 5.26 Å². The SMILES string of the molecule is N#C[S-].[NH3+]c1ccccc1. The van der Waals surface area contributed by atoms with E-state index in [0.717, 1.165) is 5.69 Å². The van der Waals surface area contributed by atoms with Crippen LogP contribution >= 0.6 is 0 Å². The molecule has 0 aliphatic rings. The van der Waals surface area contributed by atoms with Gasteiger partial charge < -0.3 is 18.4 Å². The molecule has 0 saturated heterocycles. The van der Waals surface area contributed by atoms with Gasteiger partial charge in [0.2, 0.25) is 0 Å². The third kappa shape index (κ3) is 5.04. The summed E-state index contributed by atoms with van der Waals surface area (Å²) in [6.07, 6.45) is 0. The van der Waals surface area contributed by atoms with Gasteiger partial charge in [-0.2, -0.15) is 0 Å². The number of rotatable bonds is 0. The van der Waals surface area contributed by atoms with Crippen molar-refractivity contribution < 1.29 is 5.73 Å². The molecule has 0 radical (unpaired) electrons. The lowest BCUT2D eigenvalue weighted by atomic mass is 10.3. The maximum Gasteiger partial charge on any atom is 0.127 e. The summed E-state index contributed by atoms with van der Waals surface area (Å²) in [5.74, 6) is 0. The first-order valence-electron chi connectivity index (χ1n) is 2.69. The normalized spacial score (nSPS) is 6.80. The Labute approximate surface area is 65.7 Å². The lowest BCUT2D eigenvalue weighted by Gasteiger charge is -1.78. The topological polar surface area (TPSA) is 51.4 Å². The Kier molecular flexibility index (Phi) is 5.35. The van der Waals surface area contributed by atoms with Crippen LogP contribution in [-0.4, -0.2) is 0 Å². The third-order valence-corrected chi connectivity index (χ3v) is 0.843. The number of hydrogen-bond acceptors (Lipinski definition) is 2. The van der Waals surface area contributed by atoms with Gasteiger partial charge in [0.05, 0.1) is 0 Å². The van der Waals surface area contributed by atoms with Gasteiger partial charge in [0.1, 0.15) is 5.69 Å². The Morgan fingerprint density at radius 1 is 1.30 bits per heavy atom. The molecule has 0 fully saturated rings. The molecule has 1 aromatic rings. The van der Waals surface area contributed by atoms with Gasteiger partial charge in [-0.3, -0.25) is 0 Å². The van der Waals surface area contributed by atoms with Crippen LogP contribution in [0.5, 0.6) is 0 Å². The maximum absolute atomic E-state index is 7.13. The van der Waals surface area contributed by atoms with Crippen molar-refractivity contribution >= 4 is 18.3 Å². The molecule has 0 amide bonds. The van der Waals surface area contributed by atoms with Gasteiger partial charge in [0.15, 0.2) is 0 Å². The molecular formula is C7H8N2S. The summed E-state index contributed by atoms with van der Waals surface area (Å²) < 4.78 is 0. The smallest absolute Gasteiger partial charge is 0.127 e. The second kappa shape index (κ2) is 6.02. The number of thiocyanates is 1. The van der Waals surface area contributed by atoms with E-state index in [1.807, 2.05) is 30.3 Å². The van der Waals surface area contributed by atoms with E-state index in [9.17, 15) is 0 Å². The Morgan fingerprint density at radius 2 is 1.70 bits per heavy atom. The highest BCUT2D eigenvalue weighted by atomic mass is 32.1. The zero-order valence-corrected chi connectivity index (χ0v) is 6.27. The van der Waals surface area contributed by atoms with Crippen LogP contribution < -0.4 is 5.73 Å². The van der Waals surface area contributed by atoms with E-state index < -0.39 is 0 Å². The van der Waals surface area contributed by atoms with Crippen molar-refractivity contribution in [1.29, 1.82) is 5.26 Å². The van der Waals surface area contributed by atoms with Gasteiger partial charge in [0, 0.05) is 0 Å². The first-order chi connectivity index (χ1) is 4.81. The van der Waals surface area contributed by atoms with Gasteiger partial charge in [0.25, 0.3) is 0 Å². The first-order valence-corrected chi connectivity index (χ1v) is 3.10. The Balaban J connectivity index is 0.000000236. The van der Waals surface area contributed by atoms with Crippen molar-refractivity contribution in [2.24, 2.45) is 0 Å². The molecule has 10 heavy (non-hydrogen) atoms. The molecule has 0 aromatic heterocycles.